The molecule has 0 spiro atoms. The topological polar surface area (TPSA) is 73.2 Å². The second-order valence-electron chi connectivity index (χ2n) is 4.23. The van der Waals surface area contributed by atoms with Crippen LogP contribution in [0.25, 0.3) is 11.5 Å². The van der Waals surface area contributed by atoms with E-state index in [1.54, 1.807) is 18.2 Å². The lowest BCUT2D eigenvalue weighted by Crippen LogP contribution is -2.27. The molecule has 0 aromatic carbocycles. The van der Waals surface area contributed by atoms with Crippen LogP contribution in [0.3, 0.4) is 0 Å². The lowest BCUT2D eigenvalue weighted by Gasteiger charge is -2.03. The highest BCUT2D eigenvalue weighted by molar-refractivity contribution is 5.92. The Labute approximate surface area is 115 Å². The molecule has 0 radical (unpaired) electrons. The van der Waals surface area contributed by atoms with Crippen molar-refractivity contribution in [3.8, 4) is 11.5 Å². The number of hydrogen-bond donors (Lipinski definition) is 1. The minimum absolute atomic E-state index is 0.240. The summed E-state index contributed by atoms with van der Waals surface area (Å²) in [5, 5.41) is 6.52. The molecule has 0 saturated carbocycles. The minimum Gasteiger partial charge on any atom is -0.461 e. The molecule has 0 aliphatic carbocycles. The van der Waals surface area contributed by atoms with Crippen LogP contribution in [0.4, 0.5) is 0 Å². The average Bonchev–Trinajstić information content (AvgIpc) is 3.20. The Morgan fingerprint density at radius 3 is 2.85 bits per heavy atom. The molecule has 3 heterocycles. The van der Waals surface area contributed by atoms with E-state index in [2.05, 4.69) is 10.5 Å². The van der Waals surface area contributed by atoms with E-state index < -0.39 is 0 Å². The first-order chi connectivity index (χ1) is 9.83. The largest absolute Gasteiger partial charge is 0.461 e. The molecule has 6 nitrogen and oxygen atoms in total. The Morgan fingerprint density at radius 2 is 2.10 bits per heavy atom. The van der Waals surface area contributed by atoms with Gasteiger partial charge in [-0.15, -0.1) is 0 Å². The summed E-state index contributed by atoms with van der Waals surface area (Å²) >= 11 is 0. The molecule has 0 fully saturated rings. The highest BCUT2D eigenvalue weighted by Crippen LogP contribution is 2.20. The van der Waals surface area contributed by atoms with Crippen LogP contribution in [0, 0.1) is 0 Å². The molecular formula is C14H13N3O3. The first-order valence-electron chi connectivity index (χ1n) is 6.22. The molecule has 3 aromatic heterocycles. The van der Waals surface area contributed by atoms with Gasteiger partial charge in [-0.25, -0.2) is 0 Å². The molecule has 6 heteroatoms. The second kappa shape index (κ2) is 5.48. The number of furan rings is 1. The predicted octanol–water partition coefficient (Wildman–Crippen LogP) is 2.17. The molecular weight excluding hydrogens is 258 g/mol. The normalized spacial score (nSPS) is 10.6. The van der Waals surface area contributed by atoms with Gasteiger partial charge in [-0.2, -0.15) is 0 Å². The summed E-state index contributed by atoms with van der Waals surface area (Å²) in [6.07, 6.45) is 5.42. The van der Waals surface area contributed by atoms with Gasteiger partial charge in [0.05, 0.1) is 6.26 Å². The first kappa shape index (κ1) is 12.3. The van der Waals surface area contributed by atoms with Crippen LogP contribution < -0.4 is 5.32 Å². The fraction of sp³-hybridized carbons (Fsp3) is 0.143. The number of rotatable bonds is 5. The summed E-state index contributed by atoms with van der Waals surface area (Å²) in [4.78, 5) is 11.9. The van der Waals surface area contributed by atoms with E-state index in [9.17, 15) is 4.79 Å². The second-order valence-corrected chi connectivity index (χ2v) is 4.23. The van der Waals surface area contributed by atoms with Gasteiger partial charge >= 0.3 is 0 Å². The van der Waals surface area contributed by atoms with Gasteiger partial charge in [0.1, 0.15) is 0 Å². The van der Waals surface area contributed by atoms with Gasteiger partial charge in [0, 0.05) is 31.5 Å². The lowest BCUT2D eigenvalue weighted by atomic mass is 10.3. The summed E-state index contributed by atoms with van der Waals surface area (Å²) < 4.78 is 12.2. The predicted molar refractivity (Wildman–Crippen MR) is 71.0 cm³/mol. The van der Waals surface area contributed by atoms with Crippen molar-refractivity contribution in [1.82, 2.24) is 15.0 Å². The van der Waals surface area contributed by atoms with Crippen LogP contribution in [-0.2, 0) is 6.54 Å². The quantitative estimate of drug-likeness (QED) is 0.771. The molecule has 0 aliphatic heterocycles. The van der Waals surface area contributed by atoms with Crippen LogP contribution in [-0.4, -0.2) is 22.2 Å². The summed E-state index contributed by atoms with van der Waals surface area (Å²) in [6, 6.07) is 8.93. The van der Waals surface area contributed by atoms with Crippen LogP contribution in [0.2, 0.25) is 0 Å². The fourth-order valence-electron chi connectivity index (χ4n) is 1.83. The Morgan fingerprint density at radius 1 is 1.25 bits per heavy atom. The first-order valence-corrected chi connectivity index (χ1v) is 6.22. The third-order valence-corrected chi connectivity index (χ3v) is 2.83. The van der Waals surface area contributed by atoms with E-state index in [0.29, 0.717) is 24.6 Å². The van der Waals surface area contributed by atoms with Gasteiger partial charge < -0.3 is 18.8 Å². The molecule has 3 rings (SSSR count). The van der Waals surface area contributed by atoms with Gasteiger partial charge in [0.25, 0.3) is 5.91 Å². The van der Waals surface area contributed by atoms with Gasteiger partial charge in [-0.3, -0.25) is 4.79 Å². The van der Waals surface area contributed by atoms with Crippen LogP contribution in [0.5, 0.6) is 0 Å². The Bertz CT molecular complexity index is 668. The summed E-state index contributed by atoms with van der Waals surface area (Å²) in [5.41, 5.74) is 0.240. The van der Waals surface area contributed by atoms with Gasteiger partial charge in [-0.05, 0) is 24.3 Å². The summed E-state index contributed by atoms with van der Waals surface area (Å²) in [6.45, 7) is 1.23. The molecule has 0 atom stereocenters. The van der Waals surface area contributed by atoms with Crippen LogP contribution in [0.15, 0.2) is 57.9 Å². The third-order valence-electron chi connectivity index (χ3n) is 2.83. The zero-order chi connectivity index (χ0) is 13.8. The molecule has 3 aromatic rings. The Hall–Kier alpha value is -2.76. The van der Waals surface area contributed by atoms with Crippen LogP contribution >= 0.6 is 0 Å². The Kier molecular flexibility index (Phi) is 3.36. The molecule has 102 valence electrons. The monoisotopic (exact) mass is 271 g/mol. The average molecular weight is 271 g/mol. The molecule has 1 amide bonds. The number of carbonyl (C=O) groups is 1. The third kappa shape index (κ3) is 2.64. The number of nitrogens with one attached hydrogen (secondary N) is 1. The summed E-state index contributed by atoms with van der Waals surface area (Å²) in [5.74, 6) is 0.716. The molecule has 1 N–H and O–H groups in total. The smallest absolute Gasteiger partial charge is 0.273 e. The maximum atomic E-state index is 11.9. The van der Waals surface area contributed by atoms with Gasteiger partial charge in [-0.1, -0.05) is 5.16 Å². The SMILES string of the molecule is O=C(NCCn1cccc1)c1cc(-c2ccco2)on1. The maximum absolute atomic E-state index is 11.9. The van der Waals surface area contributed by atoms with E-state index in [1.807, 2.05) is 29.1 Å². The highest BCUT2D eigenvalue weighted by atomic mass is 16.5. The number of hydrogen-bond acceptors (Lipinski definition) is 4. The zero-order valence-corrected chi connectivity index (χ0v) is 10.7. The number of amides is 1. The van der Waals surface area contributed by atoms with Crippen molar-refractivity contribution in [3.05, 3.63) is 54.7 Å². The Balaban J connectivity index is 1.57. The van der Waals surface area contributed by atoms with Crippen molar-refractivity contribution in [2.45, 2.75) is 6.54 Å². The van der Waals surface area contributed by atoms with E-state index >= 15 is 0 Å². The van der Waals surface area contributed by atoms with Crippen LogP contribution in [0.1, 0.15) is 10.5 Å². The molecule has 0 saturated heterocycles. The van der Waals surface area contributed by atoms with Gasteiger partial charge in [0.2, 0.25) is 5.76 Å². The van der Waals surface area contributed by atoms with Crippen molar-refractivity contribution in [2.24, 2.45) is 0 Å². The van der Waals surface area contributed by atoms with E-state index in [-0.39, 0.29) is 11.6 Å². The van der Waals surface area contributed by atoms with Gasteiger partial charge in [0.15, 0.2) is 11.5 Å². The summed E-state index contributed by atoms with van der Waals surface area (Å²) in [7, 11) is 0. The highest BCUT2D eigenvalue weighted by Gasteiger charge is 2.14. The van der Waals surface area contributed by atoms with Crippen molar-refractivity contribution in [3.63, 3.8) is 0 Å². The zero-order valence-electron chi connectivity index (χ0n) is 10.7. The lowest BCUT2D eigenvalue weighted by molar-refractivity contribution is 0.0943. The molecule has 20 heavy (non-hydrogen) atoms. The van der Waals surface area contributed by atoms with E-state index in [1.165, 1.54) is 6.26 Å². The number of aromatic nitrogens is 2. The maximum Gasteiger partial charge on any atom is 0.273 e. The fourth-order valence-corrected chi connectivity index (χ4v) is 1.83. The van der Waals surface area contributed by atoms with Crippen molar-refractivity contribution >= 4 is 5.91 Å². The van der Waals surface area contributed by atoms with Crippen molar-refractivity contribution in [1.29, 1.82) is 0 Å². The molecule has 0 bridgehead atoms. The van der Waals surface area contributed by atoms with E-state index in [4.69, 9.17) is 8.94 Å². The van der Waals surface area contributed by atoms with Crippen molar-refractivity contribution in [2.75, 3.05) is 6.54 Å². The minimum atomic E-state index is -0.265. The van der Waals surface area contributed by atoms with E-state index in [0.717, 1.165) is 0 Å². The number of carbonyl (C=O) groups excluding carboxylic acids is 1. The van der Waals surface area contributed by atoms with Crippen molar-refractivity contribution < 1.29 is 13.7 Å². The molecule has 0 aliphatic rings. The number of nitrogens with zero attached hydrogens (tertiary/aromatic N) is 2. The molecule has 0 unspecified atom stereocenters. The standard InChI is InChI=1S/C14H13N3O3/c18-14(15-5-8-17-6-1-2-7-17)11-10-13(20-16-11)12-4-3-9-19-12/h1-4,6-7,9-10H,5,8H2,(H,15,18).